The minimum Gasteiger partial charge on any atom is -0.435 e. The van der Waals surface area contributed by atoms with Crippen LogP contribution in [0.1, 0.15) is 11.6 Å². The lowest BCUT2D eigenvalue weighted by atomic mass is 10.1. The Morgan fingerprint density at radius 2 is 1.65 bits per heavy atom. The fourth-order valence-electron chi connectivity index (χ4n) is 1.36. The van der Waals surface area contributed by atoms with Crippen LogP contribution in [0.15, 0.2) is 24.3 Å². The van der Waals surface area contributed by atoms with Gasteiger partial charge in [-0.1, -0.05) is 12.1 Å². The molecular weight excluding hydrogens is 245 g/mol. The summed E-state index contributed by atoms with van der Waals surface area (Å²) in [5, 5.41) is 2.10. The Bertz CT molecular complexity index is 349. The molecule has 2 nitrogen and oxygen atoms in total. The molecule has 0 bridgehead atoms. The van der Waals surface area contributed by atoms with Crippen molar-refractivity contribution in [3.05, 3.63) is 29.8 Å². The summed E-state index contributed by atoms with van der Waals surface area (Å²) in [4.78, 5) is 0. The van der Waals surface area contributed by atoms with E-state index in [9.17, 15) is 22.0 Å². The molecule has 0 aromatic heterocycles. The van der Waals surface area contributed by atoms with Crippen LogP contribution in [-0.4, -0.2) is 19.8 Å². The third kappa shape index (κ3) is 3.85. The lowest BCUT2D eigenvalue weighted by Gasteiger charge is -2.20. The van der Waals surface area contributed by atoms with Crippen molar-refractivity contribution in [1.29, 1.82) is 0 Å². The molecule has 0 aliphatic heterocycles. The number of halogens is 5. The molecule has 1 atom stereocenters. The van der Waals surface area contributed by atoms with Gasteiger partial charge in [0.25, 0.3) is 0 Å². The molecule has 1 rings (SSSR count). The Hall–Kier alpha value is -1.37. The number of nitrogens with one attached hydrogen (secondary N) is 1. The van der Waals surface area contributed by atoms with Crippen LogP contribution >= 0.6 is 0 Å². The number of ether oxygens (including phenoxy) is 1. The summed E-state index contributed by atoms with van der Waals surface area (Å²) in [5.74, 6) is -0.180. The van der Waals surface area contributed by atoms with E-state index < -0.39 is 18.8 Å². The van der Waals surface area contributed by atoms with Crippen molar-refractivity contribution in [2.45, 2.75) is 18.8 Å². The van der Waals surface area contributed by atoms with Crippen LogP contribution in [0.2, 0.25) is 0 Å². The smallest absolute Gasteiger partial charge is 0.407 e. The second-order valence-electron chi connectivity index (χ2n) is 3.21. The Labute approximate surface area is 94.4 Å². The van der Waals surface area contributed by atoms with E-state index in [1.807, 2.05) is 0 Å². The number of hydrogen-bond donors (Lipinski definition) is 1. The molecule has 0 aliphatic rings. The average molecular weight is 255 g/mol. The van der Waals surface area contributed by atoms with Crippen LogP contribution in [0.3, 0.4) is 0 Å². The predicted molar refractivity (Wildman–Crippen MR) is 50.9 cm³/mol. The summed E-state index contributed by atoms with van der Waals surface area (Å²) in [6.07, 6.45) is -4.44. The third-order valence-corrected chi connectivity index (χ3v) is 2.05. The molecule has 17 heavy (non-hydrogen) atoms. The van der Waals surface area contributed by atoms with Crippen LogP contribution in [0.5, 0.6) is 5.75 Å². The zero-order valence-electron chi connectivity index (χ0n) is 8.76. The molecule has 0 radical (unpaired) electrons. The van der Waals surface area contributed by atoms with Gasteiger partial charge in [0, 0.05) is 0 Å². The van der Waals surface area contributed by atoms with E-state index >= 15 is 0 Å². The molecule has 0 aliphatic carbocycles. The Morgan fingerprint density at radius 1 is 1.12 bits per heavy atom. The number of alkyl halides is 5. The van der Waals surface area contributed by atoms with Gasteiger partial charge in [0.2, 0.25) is 0 Å². The van der Waals surface area contributed by atoms with Gasteiger partial charge in [0.05, 0.1) is 0 Å². The first-order valence-corrected chi connectivity index (χ1v) is 4.63. The third-order valence-electron chi connectivity index (χ3n) is 2.05. The summed E-state index contributed by atoms with van der Waals surface area (Å²) in [5.41, 5.74) is -0.0679. The lowest BCUT2D eigenvalue weighted by Crippen LogP contribution is -2.31. The van der Waals surface area contributed by atoms with Crippen molar-refractivity contribution in [3.8, 4) is 5.75 Å². The molecule has 0 saturated heterocycles. The largest absolute Gasteiger partial charge is 0.435 e. The zero-order valence-corrected chi connectivity index (χ0v) is 8.76. The van der Waals surface area contributed by atoms with Gasteiger partial charge < -0.3 is 10.1 Å². The summed E-state index contributed by atoms with van der Waals surface area (Å²) in [7, 11) is 1.17. The van der Waals surface area contributed by atoms with Crippen LogP contribution in [0, 0.1) is 0 Å². The fraction of sp³-hybridized carbons (Fsp3) is 0.400. The van der Waals surface area contributed by atoms with Crippen LogP contribution < -0.4 is 10.1 Å². The van der Waals surface area contributed by atoms with E-state index in [0.717, 1.165) is 24.3 Å². The molecule has 0 fully saturated rings. The van der Waals surface area contributed by atoms with E-state index in [-0.39, 0.29) is 11.3 Å². The quantitative estimate of drug-likeness (QED) is 0.835. The van der Waals surface area contributed by atoms with Gasteiger partial charge in [-0.25, -0.2) is 0 Å². The summed E-state index contributed by atoms with van der Waals surface area (Å²) >= 11 is 0. The maximum absolute atomic E-state index is 12.5. The Balaban J connectivity index is 2.86. The molecule has 0 saturated carbocycles. The Morgan fingerprint density at radius 3 is 2.00 bits per heavy atom. The summed E-state index contributed by atoms with van der Waals surface area (Å²) in [6.45, 7) is -3.00. The standard InChI is InChI=1S/C10H10F5NO/c1-16-8(10(13,14)15)6-2-4-7(5-3-6)17-9(11)12/h2-5,8-9,16H,1H3. The van der Waals surface area contributed by atoms with E-state index in [4.69, 9.17) is 0 Å². The first-order valence-electron chi connectivity index (χ1n) is 4.63. The number of hydrogen-bond acceptors (Lipinski definition) is 2. The number of rotatable bonds is 4. The van der Waals surface area contributed by atoms with Gasteiger partial charge in [-0.2, -0.15) is 22.0 Å². The van der Waals surface area contributed by atoms with Gasteiger partial charge in [-0.15, -0.1) is 0 Å². The van der Waals surface area contributed by atoms with Gasteiger partial charge in [-0.3, -0.25) is 0 Å². The normalized spacial score (nSPS) is 13.8. The first-order chi connectivity index (χ1) is 7.84. The van der Waals surface area contributed by atoms with Gasteiger partial charge in [0.15, 0.2) is 0 Å². The van der Waals surface area contributed by atoms with Crippen LogP contribution in [-0.2, 0) is 0 Å². The second-order valence-corrected chi connectivity index (χ2v) is 3.21. The van der Waals surface area contributed by atoms with Crippen molar-refractivity contribution >= 4 is 0 Å². The van der Waals surface area contributed by atoms with Crippen molar-refractivity contribution < 1.29 is 26.7 Å². The zero-order chi connectivity index (χ0) is 13.1. The van der Waals surface area contributed by atoms with E-state index in [0.29, 0.717) is 0 Å². The molecule has 96 valence electrons. The van der Waals surface area contributed by atoms with Crippen molar-refractivity contribution in [1.82, 2.24) is 5.32 Å². The maximum atomic E-state index is 12.5. The average Bonchev–Trinajstić information content (AvgIpc) is 2.18. The fourth-order valence-corrected chi connectivity index (χ4v) is 1.36. The molecular formula is C10H10F5NO. The molecule has 0 amide bonds. The minimum absolute atomic E-state index is 0.0679. The number of benzene rings is 1. The van der Waals surface area contributed by atoms with Crippen molar-refractivity contribution in [2.24, 2.45) is 0 Å². The maximum Gasteiger partial charge on any atom is 0.407 e. The molecule has 7 heteroatoms. The molecule has 1 N–H and O–H groups in total. The minimum atomic E-state index is -4.44. The molecule has 0 spiro atoms. The van der Waals surface area contributed by atoms with Crippen LogP contribution in [0.25, 0.3) is 0 Å². The summed E-state index contributed by atoms with van der Waals surface area (Å²) < 4.78 is 65.2. The highest BCUT2D eigenvalue weighted by molar-refractivity contribution is 5.29. The SMILES string of the molecule is CNC(c1ccc(OC(F)F)cc1)C(F)(F)F. The molecule has 1 unspecified atom stereocenters. The highest BCUT2D eigenvalue weighted by Gasteiger charge is 2.39. The molecule has 1 aromatic carbocycles. The van der Waals surface area contributed by atoms with Crippen molar-refractivity contribution in [2.75, 3.05) is 7.05 Å². The first kappa shape index (κ1) is 13.7. The lowest BCUT2D eigenvalue weighted by molar-refractivity contribution is -0.156. The summed E-state index contributed by atoms with van der Waals surface area (Å²) in [6, 6.07) is 2.48. The topological polar surface area (TPSA) is 21.3 Å². The van der Waals surface area contributed by atoms with Gasteiger partial charge in [0.1, 0.15) is 11.8 Å². The van der Waals surface area contributed by atoms with Gasteiger partial charge in [-0.05, 0) is 24.7 Å². The second kappa shape index (κ2) is 5.31. The van der Waals surface area contributed by atoms with E-state index in [1.165, 1.54) is 7.05 Å². The van der Waals surface area contributed by atoms with Crippen LogP contribution in [0.4, 0.5) is 22.0 Å². The monoisotopic (exact) mass is 255 g/mol. The van der Waals surface area contributed by atoms with Gasteiger partial charge >= 0.3 is 12.8 Å². The molecule has 0 heterocycles. The molecule has 1 aromatic rings. The predicted octanol–water partition coefficient (Wildman–Crippen LogP) is 3.11. The highest BCUT2D eigenvalue weighted by Crippen LogP contribution is 2.32. The van der Waals surface area contributed by atoms with E-state index in [1.54, 1.807) is 0 Å². The highest BCUT2D eigenvalue weighted by atomic mass is 19.4. The van der Waals surface area contributed by atoms with Crippen molar-refractivity contribution in [3.63, 3.8) is 0 Å². The Kier molecular flexibility index (Phi) is 4.28. The van der Waals surface area contributed by atoms with E-state index in [2.05, 4.69) is 10.1 Å².